The van der Waals surface area contributed by atoms with Crippen LogP contribution in [0.25, 0.3) is 0 Å². The minimum absolute atomic E-state index is 0.538. The molecule has 3 heteroatoms. The highest BCUT2D eigenvalue weighted by atomic mass is 15.1. The van der Waals surface area contributed by atoms with Crippen molar-refractivity contribution in [2.45, 2.75) is 39.3 Å². The Balaban J connectivity index is 2.12. The largest absolute Gasteiger partial charge is 0.333 e. The van der Waals surface area contributed by atoms with Crippen molar-refractivity contribution in [1.82, 2.24) is 14.9 Å². The van der Waals surface area contributed by atoms with E-state index in [0.717, 1.165) is 13.1 Å². The summed E-state index contributed by atoms with van der Waals surface area (Å²) in [5.41, 5.74) is 1.36. The first-order chi connectivity index (χ1) is 6.77. The summed E-state index contributed by atoms with van der Waals surface area (Å²) in [5, 5.41) is 3.51. The molecule has 2 heterocycles. The van der Waals surface area contributed by atoms with E-state index in [4.69, 9.17) is 0 Å². The quantitative estimate of drug-likeness (QED) is 0.795. The van der Waals surface area contributed by atoms with Crippen molar-refractivity contribution in [3.05, 3.63) is 18.2 Å². The molecule has 0 amide bonds. The summed E-state index contributed by atoms with van der Waals surface area (Å²) in [6.07, 6.45) is 6.50. The van der Waals surface area contributed by atoms with Crippen molar-refractivity contribution in [2.75, 3.05) is 6.54 Å². The number of hydrogen-bond acceptors (Lipinski definition) is 2. The van der Waals surface area contributed by atoms with Gasteiger partial charge in [0, 0.05) is 18.8 Å². The standard InChI is InChI=1S/C11H19N3/c1-9(2)7-14-8-12-6-11(14)10-4-3-5-13-10/h6,8-10,13H,3-5,7H2,1-2H3/t10-/m0/s1. The molecule has 1 N–H and O–H groups in total. The van der Waals surface area contributed by atoms with Gasteiger partial charge >= 0.3 is 0 Å². The molecule has 2 rings (SSSR count). The Labute approximate surface area is 85.5 Å². The van der Waals surface area contributed by atoms with Crippen molar-refractivity contribution < 1.29 is 0 Å². The molecule has 1 aromatic rings. The van der Waals surface area contributed by atoms with E-state index in [9.17, 15) is 0 Å². The molecule has 0 unspecified atom stereocenters. The molecule has 1 saturated heterocycles. The average molecular weight is 193 g/mol. The van der Waals surface area contributed by atoms with Gasteiger partial charge < -0.3 is 9.88 Å². The summed E-state index contributed by atoms with van der Waals surface area (Å²) in [6, 6.07) is 0.538. The molecule has 1 fully saturated rings. The summed E-state index contributed by atoms with van der Waals surface area (Å²) < 4.78 is 2.29. The molecule has 0 aliphatic carbocycles. The minimum atomic E-state index is 0.538. The van der Waals surface area contributed by atoms with Crippen molar-refractivity contribution in [2.24, 2.45) is 5.92 Å². The molecule has 0 saturated carbocycles. The third-order valence-corrected chi connectivity index (χ3v) is 2.72. The van der Waals surface area contributed by atoms with Gasteiger partial charge in [0.25, 0.3) is 0 Å². The van der Waals surface area contributed by atoms with Crippen molar-refractivity contribution in [3.8, 4) is 0 Å². The molecule has 0 bridgehead atoms. The van der Waals surface area contributed by atoms with Crippen LogP contribution in [0.2, 0.25) is 0 Å². The van der Waals surface area contributed by atoms with Crippen LogP contribution < -0.4 is 5.32 Å². The van der Waals surface area contributed by atoms with Crippen LogP contribution in [0.15, 0.2) is 12.5 Å². The lowest BCUT2D eigenvalue weighted by Crippen LogP contribution is -2.18. The van der Waals surface area contributed by atoms with Crippen molar-refractivity contribution in [3.63, 3.8) is 0 Å². The Kier molecular flexibility index (Phi) is 2.87. The molecule has 1 atom stereocenters. The third-order valence-electron chi connectivity index (χ3n) is 2.72. The van der Waals surface area contributed by atoms with Crippen LogP contribution in [-0.4, -0.2) is 16.1 Å². The van der Waals surface area contributed by atoms with Gasteiger partial charge in [0.1, 0.15) is 0 Å². The number of hydrogen-bond donors (Lipinski definition) is 1. The highest BCUT2D eigenvalue weighted by Gasteiger charge is 2.19. The average Bonchev–Trinajstić information content (AvgIpc) is 2.70. The Morgan fingerprint density at radius 3 is 3.14 bits per heavy atom. The van der Waals surface area contributed by atoms with Crippen LogP contribution in [-0.2, 0) is 6.54 Å². The van der Waals surface area contributed by atoms with E-state index in [1.807, 2.05) is 12.5 Å². The molecule has 14 heavy (non-hydrogen) atoms. The Morgan fingerprint density at radius 2 is 2.50 bits per heavy atom. The van der Waals surface area contributed by atoms with Gasteiger partial charge in [0.2, 0.25) is 0 Å². The fourth-order valence-corrected chi connectivity index (χ4v) is 2.10. The molecule has 1 aromatic heterocycles. The van der Waals surface area contributed by atoms with Gasteiger partial charge in [-0.1, -0.05) is 13.8 Å². The number of rotatable bonds is 3. The lowest BCUT2D eigenvalue weighted by atomic mass is 10.1. The second-order valence-corrected chi connectivity index (χ2v) is 4.51. The zero-order valence-electron chi connectivity index (χ0n) is 9.03. The molecular formula is C11H19N3. The van der Waals surface area contributed by atoms with E-state index in [-0.39, 0.29) is 0 Å². The molecule has 3 nitrogen and oxygen atoms in total. The third kappa shape index (κ3) is 1.98. The highest BCUT2D eigenvalue weighted by molar-refractivity contribution is 5.07. The molecule has 0 aromatic carbocycles. The second kappa shape index (κ2) is 4.13. The van der Waals surface area contributed by atoms with E-state index in [1.165, 1.54) is 18.5 Å². The molecule has 0 radical (unpaired) electrons. The number of nitrogens with zero attached hydrogens (tertiary/aromatic N) is 2. The lowest BCUT2D eigenvalue weighted by Gasteiger charge is -2.15. The summed E-state index contributed by atoms with van der Waals surface area (Å²) >= 11 is 0. The molecule has 1 aliphatic rings. The highest BCUT2D eigenvalue weighted by Crippen LogP contribution is 2.22. The van der Waals surface area contributed by atoms with Crippen molar-refractivity contribution >= 4 is 0 Å². The topological polar surface area (TPSA) is 29.9 Å². The zero-order chi connectivity index (χ0) is 9.97. The number of imidazole rings is 1. The van der Waals surface area contributed by atoms with E-state index in [1.54, 1.807) is 0 Å². The lowest BCUT2D eigenvalue weighted by molar-refractivity contribution is 0.484. The Hall–Kier alpha value is -0.830. The summed E-state index contributed by atoms with van der Waals surface area (Å²) in [4.78, 5) is 4.24. The van der Waals surface area contributed by atoms with E-state index < -0.39 is 0 Å². The summed E-state index contributed by atoms with van der Waals surface area (Å²) in [5.74, 6) is 0.685. The van der Waals surface area contributed by atoms with Gasteiger partial charge in [0.05, 0.1) is 12.0 Å². The predicted molar refractivity (Wildman–Crippen MR) is 57.0 cm³/mol. The van der Waals surface area contributed by atoms with E-state index >= 15 is 0 Å². The molecular weight excluding hydrogens is 174 g/mol. The summed E-state index contributed by atoms with van der Waals surface area (Å²) in [6.45, 7) is 6.71. The Bertz CT molecular complexity index is 284. The maximum Gasteiger partial charge on any atom is 0.0948 e. The van der Waals surface area contributed by atoms with Gasteiger partial charge in [-0.25, -0.2) is 4.98 Å². The molecule has 0 spiro atoms. The first-order valence-corrected chi connectivity index (χ1v) is 5.51. The molecule has 78 valence electrons. The van der Waals surface area contributed by atoms with Crippen molar-refractivity contribution in [1.29, 1.82) is 0 Å². The van der Waals surface area contributed by atoms with Gasteiger partial charge in [0.15, 0.2) is 0 Å². The second-order valence-electron chi connectivity index (χ2n) is 4.51. The van der Waals surface area contributed by atoms with Gasteiger partial charge in [-0.2, -0.15) is 0 Å². The Morgan fingerprint density at radius 1 is 1.64 bits per heavy atom. The van der Waals surface area contributed by atoms with E-state index in [0.29, 0.717) is 12.0 Å². The monoisotopic (exact) mass is 193 g/mol. The first kappa shape index (κ1) is 9.71. The fourth-order valence-electron chi connectivity index (χ4n) is 2.10. The first-order valence-electron chi connectivity index (χ1n) is 5.51. The van der Waals surface area contributed by atoms with Crippen LogP contribution in [0.3, 0.4) is 0 Å². The van der Waals surface area contributed by atoms with Gasteiger partial charge in [-0.15, -0.1) is 0 Å². The van der Waals surface area contributed by atoms with Crippen LogP contribution in [0.5, 0.6) is 0 Å². The van der Waals surface area contributed by atoms with E-state index in [2.05, 4.69) is 28.7 Å². The predicted octanol–water partition coefficient (Wildman–Crippen LogP) is 1.96. The fraction of sp³-hybridized carbons (Fsp3) is 0.727. The smallest absolute Gasteiger partial charge is 0.0948 e. The molecule has 1 aliphatic heterocycles. The van der Waals surface area contributed by atoms with Crippen LogP contribution >= 0.6 is 0 Å². The van der Waals surface area contributed by atoms with Crippen LogP contribution in [0, 0.1) is 5.92 Å². The number of nitrogens with one attached hydrogen (secondary N) is 1. The summed E-state index contributed by atoms with van der Waals surface area (Å²) in [7, 11) is 0. The number of aromatic nitrogens is 2. The van der Waals surface area contributed by atoms with Crippen LogP contribution in [0.4, 0.5) is 0 Å². The van der Waals surface area contributed by atoms with Gasteiger partial charge in [-0.05, 0) is 25.3 Å². The normalized spacial score (nSPS) is 22.1. The SMILES string of the molecule is CC(C)Cn1cncc1[C@@H]1CCCN1. The van der Waals surface area contributed by atoms with Gasteiger partial charge in [-0.3, -0.25) is 0 Å². The maximum atomic E-state index is 4.24. The maximum absolute atomic E-state index is 4.24. The zero-order valence-corrected chi connectivity index (χ0v) is 9.03. The minimum Gasteiger partial charge on any atom is -0.333 e. The van der Waals surface area contributed by atoms with Crippen LogP contribution in [0.1, 0.15) is 38.4 Å².